The summed E-state index contributed by atoms with van der Waals surface area (Å²) in [6.07, 6.45) is 5.17. The number of fused-ring (bicyclic) bond motifs is 2. The number of benzene rings is 2. The van der Waals surface area contributed by atoms with Crippen molar-refractivity contribution in [2.75, 3.05) is 0 Å². The van der Waals surface area contributed by atoms with Crippen LogP contribution in [0.4, 0.5) is 0 Å². The van der Waals surface area contributed by atoms with Crippen LogP contribution in [0.2, 0.25) is 0 Å². The van der Waals surface area contributed by atoms with Crippen LogP contribution in [0.3, 0.4) is 0 Å². The standard InChI is InChI=1S/C19H20NO2P/c1-15(16-8-4-2-5-9-16)23(21,19-10-6-3-7-11-19)20-17-12-13-18(14-17)22-20/h2-13,15,17-18H,14H2,1H3/t15-,17-,18+,23?/m0/s1. The van der Waals surface area contributed by atoms with Crippen LogP contribution < -0.4 is 5.30 Å². The maximum Gasteiger partial charge on any atom is 0.208 e. The first-order valence-corrected chi connectivity index (χ1v) is 9.77. The van der Waals surface area contributed by atoms with E-state index in [1.54, 1.807) is 4.83 Å². The third-order valence-corrected chi connectivity index (χ3v) is 8.14. The summed E-state index contributed by atoms with van der Waals surface area (Å²) in [6, 6.07) is 20.0. The van der Waals surface area contributed by atoms with E-state index < -0.39 is 7.29 Å². The topological polar surface area (TPSA) is 29.5 Å². The molecule has 1 heterocycles. The van der Waals surface area contributed by atoms with Crippen molar-refractivity contribution in [3.63, 3.8) is 0 Å². The van der Waals surface area contributed by atoms with E-state index in [1.807, 2.05) is 67.6 Å². The van der Waals surface area contributed by atoms with Crippen molar-refractivity contribution >= 4 is 12.6 Å². The van der Waals surface area contributed by atoms with Gasteiger partial charge in [-0.1, -0.05) is 72.8 Å². The van der Waals surface area contributed by atoms with E-state index in [-0.39, 0.29) is 17.8 Å². The molecular weight excluding hydrogens is 305 g/mol. The lowest BCUT2D eigenvalue weighted by molar-refractivity contribution is -0.0769. The minimum absolute atomic E-state index is 0.0695. The molecule has 0 amide bonds. The fourth-order valence-corrected chi connectivity index (χ4v) is 6.54. The Morgan fingerprint density at radius 2 is 1.70 bits per heavy atom. The van der Waals surface area contributed by atoms with Gasteiger partial charge in [-0.25, -0.2) is 0 Å². The Labute approximate surface area is 137 Å². The molecule has 4 rings (SSSR count). The molecule has 4 atom stereocenters. The second-order valence-electron chi connectivity index (χ2n) is 6.18. The summed E-state index contributed by atoms with van der Waals surface area (Å²) < 4.78 is 14.3. The van der Waals surface area contributed by atoms with Gasteiger partial charge in [-0.3, -0.25) is 9.40 Å². The van der Waals surface area contributed by atoms with Gasteiger partial charge in [-0.15, -0.1) is 4.83 Å². The summed E-state index contributed by atoms with van der Waals surface area (Å²) in [6.45, 7) is 2.04. The highest BCUT2D eigenvalue weighted by molar-refractivity contribution is 7.69. The van der Waals surface area contributed by atoms with E-state index in [1.165, 1.54) is 0 Å². The van der Waals surface area contributed by atoms with Crippen molar-refractivity contribution in [1.82, 2.24) is 4.83 Å². The van der Waals surface area contributed by atoms with Gasteiger partial charge in [0.2, 0.25) is 7.29 Å². The second-order valence-corrected chi connectivity index (χ2v) is 9.11. The van der Waals surface area contributed by atoms with Crippen LogP contribution >= 0.6 is 7.29 Å². The zero-order valence-electron chi connectivity index (χ0n) is 13.1. The van der Waals surface area contributed by atoms with Crippen molar-refractivity contribution in [3.8, 4) is 0 Å². The van der Waals surface area contributed by atoms with Crippen LogP contribution in [0, 0.1) is 0 Å². The number of rotatable bonds is 4. The Balaban J connectivity index is 1.82. The number of hydrogen-bond donors (Lipinski definition) is 0. The molecular formula is C19H20NO2P. The maximum absolute atomic E-state index is 14.3. The lowest BCUT2D eigenvalue weighted by Crippen LogP contribution is -2.32. The first kappa shape index (κ1) is 14.9. The molecule has 118 valence electrons. The Kier molecular flexibility index (Phi) is 3.73. The largest absolute Gasteiger partial charge is 0.299 e. The molecule has 1 unspecified atom stereocenters. The summed E-state index contributed by atoms with van der Waals surface area (Å²) in [4.78, 5) is 7.80. The number of hydroxylamine groups is 1. The highest BCUT2D eigenvalue weighted by Crippen LogP contribution is 2.64. The van der Waals surface area contributed by atoms with E-state index in [2.05, 4.69) is 12.2 Å². The van der Waals surface area contributed by atoms with Crippen molar-refractivity contribution in [3.05, 3.63) is 78.4 Å². The van der Waals surface area contributed by atoms with Gasteiger partial charge in [0, 0.05) is 11.7 Å². The third-order valence-electron chi connectivity index (χ3n) is 4.77. The number of nitrogens with zero attached hydrogens (tertiary/aromatic N) is 1. The monoisotopic (exact) mass is 325 g/mol. The van der Waals surface area contributed by atoms with Crippen LogP contribution in [0.15, 0.2) is 72.8 Å². The molecule has 2 aromatic rings. The lowest BCUT2D eigenvalue weighted by atomic mass is 10.2. The molecule has 1 saturated heterocycles. The second kappa shape index (κ2) is 5.76. The van der Waals surface area contributed by atoms with Gasteiger partial charge in [0.05, 0.1) is 17.8 Å². The summed E-state index contributed by atoms with van der Waals surface area (Å²) >= 11 is 0. The molecule has 23 heavy (non-hydrogen) atoms. The summed E-state index contributed by atoms with van der Waals surface area (Å²) in [5, 5.41) is 0.859. The smallest absolute Gasteiger partial charge is 0.208 e. The fourth-order valence-electron chi connectivity index (χ4n) is 3.48. The van der Waals surface area contributed by atoms with E-state index in [9.17, 15) is 4.57 Å². The van der Waals surface area contributed by atoms with Crippen LogP contribution in [0.25, 0.3) is 0 Å². The predicted molar refractivity (Wildman–Crippen MR) is 92.8 cm³/mol. The fraction of sp³-hybridized carbons (Fsp3) is 0.263. The molecule has 0 radical (unpaired) electrons. The van der Waals surface area contributed by atoms with E-state index in [4.69, 9.17) is 4.84 Å². The predicted octanol–water partition coefficient (Wildman–Crippen LogP) is 4.30. The minimum atomic E-state index is -2.91. The molecule has 3 nitrogen and oxygen atoms in total. The normalized spacial score (nSPS) is 27.0. The zero-order chi connectivity index (χ0) is 15.9. The average molecular weight is 325 g/mol. The van der Waals surface area contributed by atoms with Gasteiger partial charge in [-0.2, -0.15) is 0 Å². The highest BCUT2D eigenvalue weighted by atomic mass is 31.2. The van der Waals surface area contributed by atoms with Gasteiger partial charge in [0.25, 0.3) is 0 Å². The molecule has 0 aromatic heterocycles. The van der Waals surface area contributed by atoms with Crippen LogP contribution in [0.5, 0.6) is 0 Å². The Hall–Kier alpha value is -1.67. The van der Waals surface area contributed by atoms with Gasteiger partial charge < -0.3 is 0 Å². The Morgan fingerprint density at radius 1 is 1.04 bits per heavy atom. The molecule has 1 fully saturated rings. The maximum atomic E-state index is 14.3. The SMILES string of the molecule is C[C@@H](c1ccccc1)P(=O)(c1ccccc1)N1O[C@@H]2C=C[C@H]1C2. The molecule has 1 aliphatic heterocycles. The molecule has 0 saturated carbocycles. The molecule has 2 bridgehead atoms. The summed E-state index contributed by atoms with van der Waals surface area (Å²) in [7, 11) is -2.91. The number of hydrogen-bond acceptors (Lipinski definition) is 2. The lowest BCUT2D eigenvalue weighted by Gasteiger charge is -2.36. The van der Waals surface area contributed by atoms with Crippen molar-refractivity contribution in [1.29, 1.82) is 0 Å². The van der Waals surface area contributed by atoms with Crippen LogP contribution in [-0.2, 0) is 9.40 Å². The van der Waals surface area contributed by atoms with Crippen LogP contribution in [0.1, 0.15) is 24.6 Å². The quantitative estimate of drug-likeness (QED) is 0.620. The molecule has 2 aromatic carbocycles. The van der Waals surface area contributed by atoms with Crippen molar-refractivity contribution < 1.29 is 9.40 Å². The van der Waals surface area contributed by atoms with Gasteiger partial charge >= 0.3 is 0 Å². The molecule has 1 aliphatic carbocycles. The zero-order valence-corrected chi connectivity index (χ0v) is 14.0. The van der Waals surface area contributed by atoms with E-state index in [0.717, 1.165) is 17.3 Å². The molecule has 0 spiro atoms. The Bertz CT molecular complexity index is 759. The van der Waals surface area contributed by atoms with Crippen LogP contribution in [-0.4, -0.2) is 17.0 Å². The summed E-state index contributed by atoms with van der Waals surface area (Å²) in [5.74, 6) is 0. The van der Waals surface area contributed by atoms with Gasteiger partial charge in [-0.05, 0) is 12.5 Å². The molecule has 2 aliphatic rings. The average Bonchev–Trinajstić information content (AvgIpc) is 3.25. The first-order valence-electron chi connectivity index (χ1n) is 8.04. The van der Waals surface area contributed by atoms with E-state index in [0.29, 0.717) is 0 Å². The van der Waals surface area contributed by atoms with Gasteiger partial charge in [0.1, 0.15) is 0 Å². The third kappa shape index (κ3) is 2.40. The Morgan fingerprint density at radius 3 is 2.26 bits per heavy atom. The highest BCUT2D eigenvalue weighted by Gasteiger charge is 2.49. The van der Waals surface area contributed by atoms with Crippen molar-refractivity contribution in [2.24, 2.45) is 0 Å². The van der Waals surface area contributed by atoms with Crippen molar-refractivity contribution in [2.45, 2.75) is 31.1 Å². The van der Waals surface area contributed by atoms with Gasteiger partial charge in [0.15, 0.2) is 0 Å². The first-order chi connectivity index (χ1) is 11.2. The molecule has 0 N–H and O–H groups in total. The summed E-state index contributed by atoms with van der Waals surface area (Å²) in [5.41, 5.74) is 0.953. The molecule has 4 heteroatoms. The minimum Gasteiger partial charge on any atom is -0.299 e. The van der Waals surface area contributed by atoms with E-state index >= 15 is 0 Å².